The van der Waals surface area contributed by atoms with Crippen LogP contribution in [0.3, 0.4) is 0 Å². The molecule has 54 valence electrons. The molecule has 5 heteroatoms. The van der Waals surface area contributed by atoms with Crippen LogP contribution < -0.4 is 4.52 Å². The summed E-state index contributed by atoms with van der Waals surface area (Å²) in [7, 11) is -0.779. The lowest BCUT2D eigenvalue weighted by Crippen LogP contribution is -1.78. The summed E-state index contributed by atoms with van der Waals surface area (Å²) in [5.74, 6) is 0.197. The lowest BCUT2D eigenvalue weighted by Gasteiger charge is -1.80. The standard InChI is InChI=1S/C5H6O4P/c1-7-10(6)9-5-3-2-4-8-5/h2-4H,1H3/q+1. The highest BCUT2D eigenvalue weighted by atomic mass is 31.1. The van der Waals surface area contributed by atoms with Gasteiger partial charge in [-0.05, 0) is 6.07 Å². The smallest absolute Gasteiger partial charge is 0.431 e. The summed E-state index contributed by atoms with van der Waals surface area (Å²) >= 11 is 0. The average molecular weight is 161 g/mol. The van der Waals surface area contributed by atoms with Gasteiger partial charge in [0.2, 0.25) is 0 Å². The van der Waals surface area contributed by atoms with Crippen LogP contribution in [-0.2, 0) is 9.09 Å². The topological polar surface area (TPSA) is 48.7 Å². The molecule has 1 unspecified atom stereocenters. The molecule has 0 N–H and O–H groups in total. The van der Waals surface area contributed by atoms with Crippen LogP contribution in [0.25, 0.3) is 0 Å². The molecule has 4 nitrogen and oxygen atoms in total. The third kappa shape index (κ3) is 1.83. The van der Waals surface area contributed by atoms with Crippen LogP contribution in [0.5, 0.6) is 5.95 Å². The van der Waals surface area contributed by atoms with Gasteiger partial charge in [-0.2, -0.15) is 4.52 Å². The van der Waals surface area contributed by atoms with Crippen molar-refractivity contribution in [3.05, 3.63) is 18.4 Å². The summed E-state index contributed by atoms with van der Waals surface area (Å²) in [5, 5.41) is 0. The minimum Gasteiger partial charge on any atom is -0.431 e. The zero-order chi connectivity index (χ0) is 7.40. The fourth-order valence-electron chi connectivity index (χ4n) is 0.426. The first-order chi connectivity index (χ1) is 4.83. The lowest BCUT2D eigenvalue weighted by atomic mass is 10.7. The van der Waals surface area contributed by atoms with Gasteiger partial charge in [-0.3, -0.25) is 0 Å². The van der Waals surface area contributed by atoms with Crippen LogP contribution in [0.4, 0.5) is 0 Å². The minimum absolute atomic E-state index is 0.197. The third-order valence-electron chi connectivity index (χ3n) is 0.809. The Kier molecular flexibility index (Phi) is 2.42. The number of rotatable bonds is 3. The molecule has 0 fully saturated rings. The zero-order valence-corrected chi connectivity index (χ0v) is 6.21. The molecule has 0 aromatic carbocycles. The minimum atomic E-state index is -2.07. The van der Waals surface area contributed by atoms with Crippen molar-refractivity contribution >= 4 is 8.25 Å². The molecule has 0 amide bonds. The van der Waals surface area contributed by atoms with Crippen LogP contribution in [0.15, 0.2) is 22.8 Å². The van der Waals surface area contributed by atoms with Crippen LogP contribution in [0.1, 0.15) is 0 Å². The maximum Gasteiger partial charge on any atom is 0.753 e. The highest BCUT2D eigenvalue weighted by Gasteiger charge is 2.20. The van der Waals surface area contributed by atoms with Crippen molar-refractivity contribution in [3.8, 4) is 5.95 Å². The number of furan rings is 1. The van der Waals surface area contributed by atoms with Gasteiger partial charge >= 0.3 is 14.2 Å². The number of hydrogen-bond acceptors (Lipinski definition) is 4. The van der Waals surface area contributed by atoms with Gasteiger partial charge in [0.15, 0.2) is 0 Å². The van der Waals surface area contributed by atoms with Crippen molar-refractivity contribution in [2.45, 2.75) is 0 Å². The van der Waals surface area contributed by atoms with Crippen molar-refractivity contribution in [1.82, 2.24) is 0 Å². The van der Waals surface area contributed by atoms with Crippen molar-refractivity contribution in [1.29, 1.82) is 0 Å². The van der Waals surface area contributed by atoms with Crippen molar-refractivity contribution < 1.29 is 18.0 Å². The molecule has 0 aliphatic rings. The SMILES string of the molecule is CO[P+](=O)Oc1ccco1. The first kappa shape index (κ1) is 7.25. The Morgan fingerprint density at radius 2 is 2.50 bits per heavy atom. The van der Waals surface area contributed by atoms with Gasteiger partial charge in [-0.25, -0.2) is 0 Å². The summed E-state index contributed by atoms with van der Waals surface area (Å²) in [5.41, 5.74) is 0. The van der Waals surface area contributed by atoms with Gasteiger partial charge in [-0.15, -0.1) is 4.52 Å². The predicted molar refractivity (Wildman–Crippen MR) is 34.0 cm³/mol. The molecule has 1 aromatic heterocycles. The largest absolute Gasteiger partial charge is 0.753 e. The van der Waals surface area contributed by atoms with Gasteiger partial charge in [0.1, 0.15) is 0 Å². The second kappa shape index (κ2) is 3.34. The summed E-state index contributed by atoms with van der Waals surface area (Å²) < 4.78 is 24.2. The van der Waals surface area contributed by atoms with E-state index in [9.17, 15) is 4.57 Å². The second-order valence-corrected chi connectivity index (χ2v) is 2.42. The van der Waals surface area contributed by atoms with E-state index in [2.05, 4.69) is 9.05 Å². The van der Waals surface area contributed by atoms with E-state index in [0.717, 1.165) is 0 Å². The Bertz CT molecular complexity index is 205. The van der Waals surface area contributed by atoms with E-state index in [1.165, 1.54) is 13.4 Å². The Morgan fingerprint density at radius 1 is 1.70 bits per heavy atom. The van der Waals surface area contributed by atoms with E-state index < -0.39 is 8.25 Å². The molecule has 1 atom stereocenters. The van der Waals surface area contributed by atoms with Crippen LogP contribution in [-0.4, -0.2) is 7.11 Å². The zero-order valence-electron chi connectivity index (χ0n) is 5.31. The third-order valence-corrected chi connectivity index (χ3v) is 1.44. The molecule has 0 saturated carbocycles. The molecular weight excluding hydrogens is 155 g/mol. The Balaban J connectivity index is 2.48. The van der Waals surface area contributed by atoms with E-state index in [1.54, 1.807) is 12.1 Å². The Hall–Kier alpha value is -0.860. The monoisotopic (exact) mass is 161 g/mol. The highest BCUT2D eigenvalue weighted by molar-refractivity contribution is 7.33. The van der Waals surface area contributed by atoms with Gasteiger partial charge in [0.05, 0.1) is 13.4 Å². The quantitative estimate of drug-likeness (QED) is 0.635. The molecule has 1 heterocycles. The molecular formula is C5H6O4P+. The van der Waals surface area contributed by atoms with E-state index in [0.29, 0.717) is 0 Å². The summed E-state index contributed by atoms with van der Waals surface area (Å²) in [6, 6.07) is 3.18. The number of hydrogen-bond donors (Lipinski definition) is 0. The second-order valence-electron chi connectivity index (χ2n) is 1.43. The molecule has 1 aromatic rings. The van der Waals surface area contributed by atoms with E-state index >= 15 is 0 Å². The van der Waals surface area contributed by atoms with Gasteiger partial charge < -0.3 is 4.42 Å². The van der Waals surface area contributed by atoms with Gasteiger partial charge in [0, 0.05) is 10.6 Å². The normalized spacial score (nSPS) is 11.1. The van der Waals surface area contributed by atoms with Crippen LogP contribution >= 0.6 is 8.25 Å². The van der Waals surface area contributed by atoms with E-state index in [-0.39, 0.29) is 5.95 Å². The van der Waals surface area contributed by atoms with Crippen LogP contribution in [0.2, 0.25) is 0 Å². The lowest BCUT2D eigenvalue weighted by molar-refractivity contribution is 0.313. The maximum atomic E-state index is 10.5. The fourth-order valence-corrected chi connectivity index (χ4v) is 0.752. The summed E-state index contributed by atoms with van der Waals surface area (Å²) in [6.07, 6.45) is 1.42. The average Bonchev–Trinajstić information content (AvgIpc) is 2.40. The van der Waals surface area contributed by atoms with Crippen molar-refractivity contribution in [2.24, 2.45) is 0 Å². The Labute approximate surface area is 58.7 Å². The molecule has 0 bridgehead atoms. The first-order valence-corrected chi connectivity index (χ1v) is 3.65. The van der Waals surface area contributed by atoms with Crippen LogP contribution in [0, 0.1) is 0 Å². The van der Waals surface area contributed by atoms with Crippen molar-refractivity contribution in [2.75, 3.05) is 7.11 Å². The highest BCUT2D eigenvalue weighted by Crippen LogP contribution is 2.26. The van der Waals surface area contributed by atoms with Gasteiger partial charge in [-0.1, -0.05) is 0 Å². The van der Waals surface area contributed by atoms with Crippen molar-refractivity contribution in [3.63, 3.8) is 0 Å². The molecule has 0 spiro atoms. The first-order valence-electron chi connectivity index (χ1n) is 2.56. The van der Waals surface area contributed by atoms with Gasteiger partial charge in [0.25, 0.3) is 0 Å². The molecule has 0 aliphatic heterocycles. The molecule has 10 heavy (non-hydrogen) atoms. The Morgan fingerprint density at radius 3 is 3.00 bits per heavy atom. The summed E-state index contributed by atoms with van der Waals surface area (Å²) in [6.45, 7) is 0. The molecule has 0 aliphatic carbocycles. The van der Waals surface area contributed by atoms with E-state index in [1.807, 2.05) is 0 Å². The molecule has 0 radical (unpaired) electrons. The summed E-state index contributed by atoms with van der Waals surface area (Å²) in [4.78, 5) is 0. The predicted octanol–water partition coefficient (Wildman–Crippen LogP) is 1.96. The molecule has 1 rings (SSSR count). The fraction of sp³-hybridized carbons (Fsp3) is 0.200. The maximum absolute atomic E-state index is 10.5. The van der Waals surface area contributed by atoms with E-state index in [4.69, 9.17) is 4.42 Å². The molecule has 0 saturated heterocycles.